The van der Waals surface area contributed by atoms with Crippen LogP contribution in [0, 0.1) is 6.92 Å². The Kier molecular flexibility index (Phi) is 3.80. The van der Waals surface area contributed by atoms with Crippen molar-refractivity contribution in [1.82, 2.24) is 20.2 Å². The van der Waals surface area contributed by atoms with Gasteiger partial charge in [-0.25, -0.2) is 9.97 Å². The maximum Gasteiger partial charge on any atom is 0.270 e. The average molecular weight is 289 g/mol. The minimum absolute atomic E-state index is 0.0637. The summed E-state index contributed by atoms with van der Waals surface area (Å²) in [5.74, 6) is 1.59. The average Bonchev–Trinajstić information content (AvgIpc) is 2.47. The number of rotatable bonds is 2. The first kappa shape index (κ1) is 14.3. The van der Waals surface area contributed by atoms with Crippen LogP contribution >= 0.6 is 0 Å². The molecule has 1 saturated heterocycles. The number of aryl methyl sites for hydroxylation is 1. The number of aromatic nitrogens is 2. The van der Waals surface area contributed by atoms with Crippen LogP contribution in [-0.4, -0.2) is 60.5 Å². The fourth-order valence-corrected chi connectivity index (χ4v) is 3.24. The van der Waals surface area contributed by atoms with Crippen LogP contribution in [0.3, 0.4) is 0 Å². The lowest BCUT2D eigenvalue weighted by Gasteiger charge is -2.37. The molecular formula is C15H23N5O. The van der Waals surface area contributed by atoms with Crippen molar-refractivity contribution in [2.24, 2.45) is 0 Å². The second-order valence-electron chi connectivity index (χ2n) is 6.11. The summed E-state index contributed by atoms with van der Waals surface area (Å²) in [5.41, 5.74) is 1.59. The van der Waals surface area contributed by atoms with Gasteiger partial charge in [-0.1, -0.05) is 0 Å². The van der Waals surface area contributed by atoms with Crippen LogP contribution < -0.4 is 10.2 Å². The predicted octanol–water partition coefficient (Wildman–Crippen LogP) is 0.601. The Bertz CT molecular complexity index is 549. The molecular weight excluding hydrogens is 266 g/mol. The first-order chi connectivity index (χ1) is 10.1. The quantitative estimate of drug-likeness (QED) is 0.864. The standard InChI is InChI=1S/C15H23N5O/c1-10-17-13-12(4-7-16-15(13)21)14(18-10)20-8-5-11(6-9-20)19(2)3/h11H,4-9H2,1-3H3,(H,16,21). The van der Waals surface area contributed by atoms with Gasteiger partial charge in [0.2, 0.25) is 0 Å². The van der Waals surface area contributed by atoms with Gasteiger partial charge in [-0.05, 0) is 40.3 Å². The lowest BCUT2D eigenvalue weighted by molar-refractivity contribution is 0.0940. The number of hydrogen-bond donors (Lipinski definition) is 1. The van der Waals surface area contributed by atoms with Crippen LogP contribution in [0.5, 0.6) is 0 Å². The van der Waals surface area contributed by atoms with Crippen LogP contribution in [0.1, 0.15) is 34.7 Å². The predicted molar refractivity (Wildman–Crippen MR) is 81.7 cm³/mol. The Balaban J connectivity index is 1.88. The van der Waals surface area contributed by atoms with Crippen molar-refractivity contribution < 1.29 is 4.79 Å². The molecule has 0 radical (unpaired) electrons. The summed E-state index contributed by atoms with van der Waals surface area (Å²) in [6.45, 7) is 4.53. The SMILES string of the molecule is Cc1nc2c(c(N3CCC(N(C)C)CC3)n1)CCNC2=O. The lowest BCUT2D eigenvalue weighted by atomic mass is 10.0. The number of nitrogens with one attached hydrogen (secondary N) is 1. The molecule has 1 aromatic rings. The van der Waals surface area contributed by atoms with Crippen molar-refractivity contribution in [2.45, 2.75) is 32.2 Å². The van der Waals surface area contributed by atoms with E-state index in [1.165, 1.54) is 0 Å². The first-order valence-corrected chi connectivity index (χ1v) is 7.63. The largest absolute Gasteiger partial charge is 0.356 e. The van der Waals surface area contributed by atoms with Crippen LogP contribution in [0.15, 0.2) is 0 Å². The van der Waals surface area contributed by atoms with E-state index in [0.717, 1.165) is 43.7 Å². The summed E-state index contributed by atoms with van der Waals surface area (Å²) in [7, 11) is 4.28. The second-order valence-corrected chi connectivity index (χ2v) is 6.11. The molecule has 0 spiro atoms. The van der Waals surface area contributed by atoms with E-state index in [4.69, 9.17) is 0 Å². The number of hydrogen-bond acceptors (Lipinski definition) is 5. The first-order valence-electron chi connectivity index (χ1n) is 7.63. The smallest absolute Gasteiger partial charge is 0.270 e. The fraction of sp³-hybridized carbons (Fsp3) is 0.667. The van der Waals surface area contributed by atoms with Gasteiger partial charge in [-0.2, -0.15) is 0 Å². The van der Waals surface area contributed by atoms with Crippen molar-refractivity contribution in [1.29, 1.82) is 0 Å². The highest BCUT2D eigenvalue weighted by molar-refractivity contribution is 5.96. The topological polar surface area (TPSA) is 61.4 Å². The molecule has 3 heterocycles. The van der Waals surface area contributed by atoms with Crippen molar-refractivity contribution >= 4 is 11.7 Å². The van der Waals surface area contributed by atoms with Gasteiger partial charge in [0.15, 0.2) is 0 Å². The molecule has 6 nitrogen and oxygen atoms in total. The van der Waals surface area contributed by atoms with Crippen LogP contribution in [0.25, 0.3) is 0 Å². The molecule has 6 heteroatoms. The molecule has 0 aromatic carbocycles. The van der Waals surface area contributed by atoms with Crippen molar-refractivity contribution in [3.8, 4) is 0 Å². The number of amides is 1. The van der Waals surface area contributed by atoms with E-state index < -0.39 is 0 Å². The van der Waals surface area contributed by atoms with Crippen LogP contribution in [0.2, 0.25) is 0 Å². The number of nitrogens with zero attached hydrogens (tertiary/aromatic N) is 4. The summed E-state index contributed by atoms with van der Waals surface area (Å²) >= 11 is 0. The zero-order chi connectivity index (χ0) is 15.0. The van der Waals surface area contributed by atoms with Crippen molar-refractivity contribution in [2.75, 3.05) is 38.6 Å². The zero-order valence-corrected chi connectivity index (χ0v) is 13.0. The van der Waals surface area contributed by atoms with E-state index in [-0.39, 0.29) is 5.91 Å². The maximum absolute atomic E-state index is 12.0. The minimum atomic E-state index is -0.0637. The Morgan fingerprint density at radius 1 is 1.24 bits per heavy atom. The number of anilines is 1. The second kappa shape index (κ2) is 5.60. The summed E-state index contributed by atoms with van der Waals surface area (Å²) < 4.78 is 0. The summed E-state index contributed by atoms with van der Waals surface area (Å²) in [5, 5.41) is 2.86. The van der Waals surface area contributed by atoms with Gasteiger partial charge in [-0.15, -0.1) is 0 Å². The summed E-state index contributed by atoms with van der Waals surface area (Å²) in [6.07, 6.45) is 3.10. The molecule has 1 fully saturated rings. The number of fused-ring (bicyclic) bond motifs is 1. The lowest BCUT2D eigenvalue weighted by Crippen LogP contribution is -2.43. The summed E-state index contributed by atoms with van der Waals surface area (Å²) in [4.78, 5) is 25.6. The van der Waals surface area contributed by atoms with Gasteiger partial charge in [0.25, 0.3) is 5.91 Å². The number of piperidine rings is 1. The molecule has 1 aromatic heterocycles. The molecule has 3 rings (SSSR count). The molecule has 0 saturated carbocycles. The van der Waals surface area contributed by atoms with Crippen LogP contribution in [-0.2, 0) is 6.42 Å². The van der Waals surface area contributed by atoms with E-state index in [9.17, 15) is 4.79 Å². The molecule has 114 valence electrons. The highest BCUT2D eigenvalue weighted by Gasteiger charge is 2.28. The highest BCUT2D eigenvalue weighted by Crippen LogP contribution is 2.27. The normalized spacial score (nSPS) is 19.6. The van der Waals surface area contributed by atoms with Crippen molar-refractivity contribution in [3.05, 3.63) is 17.1 Å². The van der Waals surface area contributed by atoms with Gasteiger partial charge >= 0.3 is 0 Å². The van der Waals surface area contributed by atoms with E-state index in [2.05, 4.69) is 39.2 Å². The Labute approximate surface area is 125 Å². The highest BCUT2D eigenvalue weighted by atomic mass is 16.1. The summed E-state index contributed by atoms with van der Waals surface area (Å²) in [6, 6.07) is 0.642. The maximum atomic E-state index is 12.0. The molecule has 0 unspecified atom stereocenters. The molecule has 21 heavy (non-hydrogen) atoms. The third-order valence-electron chi connectivity index (χ3n) is 4.47. The zero-order valence-electron chi connectivity index (χ0n) is 13.0. The Morgan fingerprint density at radius 3 is 2.62 bits per heavy atom. The van der Waals surface area contributed by atoms with Gasteiger partial charge < -0.3 is 15.1 Å². The molecule has 0 atom stereocenters. The van der Waals surface area contributed by atoms with E-state index in [1.807, 2.05) is 6.92 Å². The van der Waals surface area contributed by atoms with Gasteiger partial charge in [0.1, 0.15) is 17.3 Å². The number of carbonyl (C=O) groups is 1. The van der Waals surface area contributed by atoms with E-state index in [1.54, 1.807) is 0 Å². The Morgan fingerprint density at radius 2 is 1.95 bits per heavy atom. The molecule has 1 N–H and O–H groups in total. The molecule has 0 aliphatic carbocycles. The van der Waals surface area contributed by atoms with Crippen LogP contribution in [0.4, 0.5) is 5.82 Å². The van der Waals surface area contributed by atoms with E-state index >= 15 is 0 Å². The molecule has 1 amide bonds. The monoisotopic (exact) mass is 289 g/mol. The van der Waals surface area contributed by atoms with Gasteiger partial charge in [0.05, 0.1) is 0 Å². The number of carbonyl (C=O) groups excluding carboxylic acids is 1. The van der Waals surface area contributed by atoms with Gasteiger partial charge in [0, 0.05) is 31.2 Å². The van der Waals surface area contributed by atoms with Crippen molar-refractivity contribution in [3.63, 3.8) is 0 Å². The van der Waals surface area contributed by atoms with E-state index in [0.29, 0.717) is 24.1 Å². The third-order valence-corrected chi connectivity index (χ3v) is 4.47. The third kappa shape index (κ3) is 2.72. The fourth-order valence-electron chi connectivity index (χ4n) is 3.24. The molecule has 2 aliphatic heterocycles. The molecule has 2 aliphatic rings. The Hall–Kier alpha value is -1.69. The van der Waals surface area contributed by atoms with Gasteiger partial charge in [-0.3, -0.25) is 4.79 Å². The minimum Gasteiger partial charge on any atom is -0.356 e. The molecule has 0 bridgehead atoms.